The van der Waals surface area contributed by atoms with Crippen LogP contribution in [0.5, 0.6) is 0 Å². The molecule has 0 aromatic heterocycles. The van der Waals surface area contributed by atoms with E-state index >= 15 is 0 Å². The second-order valence-electron chi connectivity index (χ2n) is 11.2. The molecule has 0 unspecified atom stereocenters. The van der Waals surface area contributed by atoms with Crippen LogP contribution in [0.2, 0.25) is 0 Å². The van der Waals surface area contributed by atoms with Crippen molar-refractivity contribution in [3.8, 4) is 0 Å². The van der Waals surface area contributed by atoms with Crippen LogP contribution in [0.4, 0.5) is 0 Å². The molecule has 3 rings (SSSR count). The van der Waals surface area contributed by atoms with Gasteiger partial charge in [0, 0.05) is 0 Å². The average Bonchev–Trinajstić information content (AvgIpc) is 2.82. The van der Waals surface area contributed by atoms with E-state index in [4.69, 9.17) is 0 Å². The fourth-order valence-electron chi connectivity index (χ4n) is 6.58. The van der Waals surface area contributed by atoms with Crippen LogP contribution in [0.15, 0.2) is 24.3 Å². The summed E-state index contributed by atoms with van der Waals surface area (Å²) in [5, 5.41) is 0. The first-order chi connectivity index (χ1) is 15.3. The normalized spacial score (nSPS) is 26.8. The maximum Gasteiger partial charge on any atom is -0.0276 e. The van der Waals surface area contributed by atoms with Gasteiger partial charge in [0.25, 0.3) is 0 Å². The van der Waals surface area contributed by atoms with Gasteiger partial charge in [0.15, 0.2) is 0 Å². The number of benzene rings is 1. The van der Waals surface area contributed by atoms with Gasteiger partial charge in [-0.1, -0.05) is 109 Å². The molecular weight excluding hydrogens is 372 g/mol. The Morgan fingerprint density at radius 1 is 0.516 bits per heavy atom. The van der Waals surface area contributed by atoms with Gasteiger partial charge in [0.05, 0.1) is 0 Å². The highest BCUT2D eigenvalue weighted by molar-refractivity contribution is 5.22. The van der Waals surface area contributed by atoms with Crippen LogP contribution in [0.25, 0.3) is 0 Å². The lowest BCUT2D eigenvalue weighted by molar-refractivity contribution is 0.140. The Morgan fingerprint density at radius 3 is 1.55 bits per heavy atom. The quantitative estimate of drug-likeness (QED) is 0.276. The van der Waals surface area contributed by atoms with Crippen molar-refractivity contribution < 1.29 is 0 Å². The SMILES string of the molecule is CCCCCCc1ccc(CC[C@H]2CC[C@H]([C@H]3CC[C@H](CCCCC)CC3)CC2)cc1. The topological polar surface area (TPSA) is 0 Å². The molecule has 0 saturated heterocycles. The van der Waals surface area contributed by atoms with E-state index in [0.29, 0.717) is 0 Å². The first kappa shape index (κ1) is 24.9. The first-order valence-electron chi connectivity index (χ1n) is 14.4. The van der Waals surface area contributed by atoms with Gasteiger partial charge < -0.3 is 0 Å². The zero-order chi connectivity index (χ0) is 21.7. The minimum Gasteiger partial charge on any atom is -0.0654 e. The molecule has 0 aliphatic heterocycles. The number of aryl methyl sites for hydroxylation is 2. The van der Waals surface area contributed by atoms with Gasteiger partial charge in [-0.2, -0.15) is 0 Å². The highest BCUT2D eigenvalue weighted by Crippen LogP contribution is 2.43. The molecule has 2 aliphatic carbocycles. The van der Waals surface area contributed by atoms with Crippen LogP contribution in [-0.2, 0) is 12.8 Å². The summed E-state index contributed by atoms with van der Waals surface area (Å²) in [6.07, 6.45) is 27.6. The molecule has 1 aromatic carbocycles. The third-order valence-electron chi connectivity index (χ3n) is 8.85. The maximum atomic E-state index is 2.42. The van der Waals surface area contributed by atoms with Crippen molar-refractivity contribution in [3.05, 3.63) is 35.4 Å². The largest absolute Gasteiger partial charge is 0.0654 e. The van der Waals surface area contributed by atoms with Gasteiger partial charge in [-0.05, 0) is 86.2 Å². The summed E-state index contributed by atoms with van der Waals surface area (Å²) < 4.78 is 0. The number of hydrogen-bond acceptors (Lipinski definition) is 0. The van der Waals surface area contributed by atoms with E-state index in [1.165, 1.54) is 96.3 Å². The van der Waals surface area contributed by atoms with E-state index in [1.807, 2.05) is 0 Å². The molecule has 31 heavy (non-hydrogen) atoms. The van der Waals surface area contributed by atoms with Crippen LogP contribution in [-0.4, -0.2) is 0 Å². The van der Waals surface area contributed by atoms with E-state index in [9.17, 15) is 0 Å². The fourth-order valence-corrected chi connectivity index (χ4v) is 6.58. The van der Waals surface area contributed by atoms with Crippen molar-refractivity contribution in [2.75, 3.05) is 0 Å². The maximum absolute atomic E-state index is 2.42. The van der Waals surface area contributed by atoms with E-state index in [0.717, 1.165) is 23.7 Å². The summed E-state index contributed by atoms with van der Waals surface area (Å²) >= 11 is 0. The second kappa shape index (κ2) is 14.4. The van der Waals surface area contributed by atoms with Gasteiger partial charge in [-0.3, -0.25) is 0 Å². The summed E-state index contributed by atoms with van der Waals surface area (Å²) in [5.41, 5.74) is 3.11. The summed E-state index contributed by atoms with van der Waals surface area (Å²) in [5.74, 6) is 4.21. The third kappa shape index (κ3) is 8.94. The van der Waals surface area contributed by atoms with E-state index in [1.54, 1.807) is 36.8 Å². The van der Waals surface area contributed by atoms with Crippen molar-refractivity contribution in [3.63, 3.8) is 0 Å². The van der Waals surface area contributed by atoms with Crippen molar-refractivity contribution in [1.29, 1.82) is 0 Å². The molecule has 1 aromatic rings. The zero-order valence-corrected chi connectivity index (χ0v) is 21.1. The predicted octanol–water partition coefficient (Wildman–Crippen LogP) is 9.94. The van der Waals surface area contributed by atoms with Crippen molar-refractivity contribution in [2.45, 2.75) is 136 Å². The summed E-state index contributed by atoms with van der Waals surface area (Å²) in [6, 6.07) is 9.63. The molecule has 2 aliphatic rings. The Kier molecular flexibility index (Phi) is 11.5. The van der Waals surface area contributed by atoms with Crippen LogP contribution >= 0.6 is 0 Å². The lowest BCUT2D eigenvalue weighted by Gasteiger charge is -2.38. The minimum absolute atomic E-state index is 0.996. The number of unbranched alkanes of at least 4 members (excludes halogenated alkanes) is 5. The van der Waals surface area contributed by atoms with E-state index in [2.05, 4.69) is 38.1 Å². The minimum atomic E-state index is 0.996. The molecular formula is C31H52. The average molecular weight is 425 g/mol. The Morgan fingerprint density at radius 2 is 1.00 bits per heavy atom. The van der Waals surface area contributed by atoms with E-state index < -0.39 is 0 Å². The Bertz CT molecular complexity index is 554. The number of rotatable bonds is 13. The lowest BCUT2D eigenvalue weighted by atomic mass is 9.68. The zero-order valence-electron chi connectivity index (χ0n) is 21.1. The van der Waals surface area contributed by atoms with Crippen LogP contribution < -0.4 is 0 Å². The summed E-state index contributed by atoms with van der Waals surface area (Å²) in [7, 11) is 0. The van der Waals surface area contributed by atoms with Gasteiger partial charge >= 0.3 is 0 Å². The molecule has 0 radical (unpaired) electrons. The molecule has 0 bridgehead atoms. The Hall–Kier alpha value is -0.780. The Labute approximate surface area is 195 Å². The van der Waals surface area contributed by atoms with E-state index in [-0.39, 0.29) is 0 Å². The molecule has 2 saturated carbocycles. The first-order valence-corrected chi connectivity index (χ1v) is 14.4. The highest BCUT2D eigenvalue weighted by Gasteiger charge is 2.30. The second-order valence-corrected chi connectivity index (χ2v) is 11.2. The standard InChI is InChI=1S/C31H52/c1-3-5-7-9-11-26-12-14-28(15-13-26)16-17-29-20-24-31(25-21-29)30-22-18-27(19-23-30)10-8-6-4-2/h12-15,27,29-31H,3-11,16-25H2,1-2H3/t27-,29-,30-,31-. The van der Waals surface area contributed by atoms with Gasteiger partial charge in [0.2, 0.25) is 0 Å². The highest BCUT2D eigenvalue weighted by atomic mass is 14.4. The molecule has 0 N–H and O–H groups in total. The molecule has 0 heterocycles. The Balaban J connectivity index is 1.28. The summed E-state index contributed by atoms with van der Waals surface area (Å²) in [4.78, 5) is 0. The molecule has 0 atom stereocenters. The molecule has 0 heteroatoms. The fraction of sp³-hybridized carbons (Fsp3) is 0.806. The smallest absolute Gasteiger partial charge is 0.0276 e. The molecule has 176 valence electrons. The van der Waals surface area contributed by atoms with Crippen LogP contribution in [0.1, 0.15) is 134 Å². The third-order valence-corrected chi connectivity index (χ3v) is 8.85. The molecule has 0 amide bonds. The van der Waals surface area contributed by atoms with Gasteiger partial charge in [0.1, 0.15) is 0 Å². The van der Waals surface area contributed by atoms with Crippen LogP contribution in [0.3, 0.4) is 0 Å². The van der Waals surface area contributed by atoms with Crippen molar-refractivity contribution in [1.82, 2.24) is 0 Å². The molecule has 2 fully saturated rings. The number of hydrogen-bond donors (Lipinski definition) is 0. The molecule has 0 spiro atoms. The van der Waals surface area contributed by atoms with Gasteiger partial charge in [-0.15, -0.1) is 0 Å². The monoisotopic (exact) mass is 424 g/mol. The summed E-state index contributed by atoms with van der Waals surface area (Å²) in [6.45, 7) is 4.63. The van der Waals surface area contributed by atoms with Gasteiger partial charge in [-0.25, -0.2) is 0 Å². The molecule has 0 nitrogen and oxygen atoms in total. The van der Waals surface area contributed by atoms with Crippen molar-refractivity contribution >= 4 is 0 Å². The lowest BCUT2D eigenvalue weighted by Crippen LogP contribution is -2.26. The van der Waals surface area contributed by atoms with Crippen molar-refractivity contribution in [2.24, 2.45) is 23.7 Å². The van der Waals surface area contributed by atoms with Crippen LogP contribution in [0, 0.1) is 23.7 Å². The predicted molar refractivity (Wildman–Crippen MR) is 138 cm³/mol.